The van der Waals surface area contributed by atoms with Gasteiger partial charge in [0.25, 0.3) is 0 Å². The van der Waals surface area contributed by atoms with Gasteiger partial charge in [-0.05, 0) is 37.4 Å². The molecule has 0 unspecified atom stereocenters. The molecule has 2 aliphatic carbocycles. The summed E-state index contributed by atoms with van der Waals surface area (Å²) < 4.78 is 11.4. The Morgan fingerprint density at radius 3 is 2.97 bits per heavy atom. The van der Waals surface area contributed by atoms with E-state index >= 15 is 0 Å². The third kappa shape index (κ3) is 2.28. The number of nitro groups is 1. The van der Waals surface area contributed by atoms with Gasteiger partial charge in [0.2, 0.25) is 6.54 Å². The highest BCUT2D eigenvalue weighted by Crippen LogP contribution is 2.64. The molecule has 4 aliphatic rings. The summed E-state index contributed by atoms with van der Waals surface area (Å²) in [6.45, 7) is 1.90. The number of ketones is 1. The maximum atomic E-state index is 12.8. The Labute approximate surface area is 166 Å². The van der Waals surface area contributed by atoms with Crippen molar-refractivity contribution in [2.24, 2.45) is 0 Å². The number of rotatable bonds is 4. The van der Waals surface area contributed by atoms with Crippen LogP contribution in [0.1, 0.15) is 37.3 Å². The van der Waals surface area contributed by atoms with Crippen LogP contribution in [0.3, 0.4) is 0 Å². The SMILES string of the molecule is CC(=O)Oc1ccc2c3c1O[C@H]1C(=O)CC[C@@]4(O)[C@@H](C2)N(CC[N+](=O)[O-])CC[C@]314. The van der Waals surface area contributed by atoms with Crippen molar-refractivity contribution in [2.75, 3.05) is 19.6 Å². The summed E-state index contributed by atoms with van der Waals surface area (Å²) in [4.78, 5) is 36.9. The van der Waals surface area contributed by atoms with Gasteiger partial charge in [-0.3, -0.25) is 24.6 Å². The van der Waals surface area contributed by atoms with Gasteiger partial charge in [-0.25, -0.2) is 0 Å². The first-order valence-corrected chi connectivity index (χ1v) is 9.90. The van der Waals surface area contributed by atoms with E-state index in [1.54, 1.807) is 6.07 Å². The van der Waals surface area contributed by atoms with Crippen LogP contribution in [0.25, 0.3) is 0 Å². The van der Waals surface area contributed by atoms with Crippen LogP contribution in [0, 0.1) is 10.1 Å². The monoisotopic (exact) mass is 402 g/mol. The van der Waals surface area contributed by atoms with Gasteiger partial charge in [0.05, 0.1) is 17.6 Å². The van der Waals surface area contributed by atoms with E-state index in [1.165, 1.54) is 6.92 Å². The van der Waals surface area contributed by atoms with Crippen molar-refractivity contribution < 1.29 is 29.1 Å². The quantitative estimate of drug-likeness (QED) is 0.337. The van der Waals surface area contributed by atoms with Crippen molar-refractivity contribution in [3.63, 3.8) is 0 Å². The number of carbonyl (C=O) groups is 2. The molecule has 1 saturated carbocycles. The predicted molar refractivity (Wildman–Crippen MR) is 98.6 cm³/mol. The Bertz CT molecular complexity index is 947. The Kier molecular flexibility index (Phi) is 3.82. The second-order valence-corrected chi connectivity index (χ2v) is 8.44. The van der Waals surface area contributed by atoms with E-state index in [9.17, 15) is 24.8 Å². The lowest BCUT2D eigenvalue weighted by atomic mass is 9.49. The maximum Gasteiger partial charge on any atom is 0.308 e. The minimum atomic E-state index is -1.23. The summed E-state index contributed by atoms with van der Waals surface area (Å²) in [6, 6.07) is 3.19. The first kappa shape index (κ1) is 18.5. The molecule has 0 radical (unpaired) electrons. The molecule has 1 N–H and O–H groups in total. The van der Waals surface area contributed by atoms with Gasteiger partial charge in [0.15, 0.2) is 23.4 Å². The Morgan fingerprint density at radius 2 is 2.24 bits per heavy atom. The number of likely N-dealkylation sites (tertiary alicyclic amines) is 1. The molecule has 29 heavy (non-hydrogen) atoms. The number of ether oxygens (including phenoxy) is 2. The van der Waals surface area contributed by atoms with E-state index in [0.717, 1.165) is 11.1 Å². The lowest BCUT2D eigenvalue weighted by Crippen LogP contribution is -2.76. The van der Waals surface area contributed by atoms with Gasteiger partial charge >= 0.3 is 5.97 Å². The van der Waals surface area contributed by atoms with Gasteiger partial charge in [-0.15, -0.1) is 0 Å². The van der Waals surface area contributed by atoms with Gasteiger partial charge in [0.1, 0.15) is 0 Å². The average Bonchev–Trinajstić information content (AvgIpc) is 3.00. The molecule has 5 rings (SSSR count). The molecule has 2 fully saturated rings. The summed E-state index contributed by atoms with van der Waals surface area (Å²) in [5.41, 5.74) is -0.416. The third-order valence-electron chi connectivity index (χ3n) is 7.18. The number of piperidine rings is 1. The number of benzene rings is 1. The summed E-state index contributed by atoms with van der Waals surface area (Å²) in [7, 11) is 0. The minimum Gasteiger partial charge on any atom is -0.477 e. The number of hydrogen-bond donors (Lipinski definition) is 1. The summed E-state index contributed by atoms with van der Waals surface area (Å²) in [5, 5.41) is 22.9. The van der Waals surface area contributed by atoms with E-state index in [1.807, 2.05) is 11.0 Å². The van der Waals surface area contributed by atoms with Crippen LogP contribution in [-0.2, 0) is 21.4 Å². The van der Waals surface area contributed by atoms with Crippen LogP contribution in [0.4, 0.5) is 0 Å². The van der Waals surface area contributed by atoms with Crippen molar-refractivity contribution in [2.45, 2.75) is 55.8 Å². The fourth-order valence-electron chi connectivity index (χ4n) is 6.12. The van der Waals surface area contributed by atoms with Crippen LogP contribution in [-0.4, -0.2) is 64.1 Å². The highest BCUT2D eigenvalue weighted by Gasteiger charge is 2.73. The fraction of sp³-hybridized carbons (Fsp3) is 0.600. The molecule has 1 aromatic rings. The molecule has 154 valence electrons. The molecule has 1 aromatic carbocycles. The Morgan fingerprint density at radius 1 is 1.45 bits per heavy atom. The predicted octanol–water partition coefficient (Wildman–Crippen LogP) is 0.612. The first-order chi connectivity index (χ1) is 13.8. The lowest BCUT2D eigenvalue weighted by molar-refractivity contribution is -0.481. The highest BCUT2D eigenvalue weighted by molar-refractivity contribution is 5.90. The molecule has 2 heterocycles. The van der Waals surface area contributed by atoms with Crippen molar-refractivity contribution >= 4 is 11.8 Å². The maximum absolute atomic E-state index is 12.8. The molecule has 9 nitrogen and oxygen atoms in total. The van der Waals surface area contributed by atoms with Crippen molar-refractivity contribution in [1.82, 2.24) is 4.90 Å². The standard InChI is InChI=1S/C20H22N2O7/c1-11(23)28-14-3-2-12-10-15-20(25)5-4-13(24)18-19(20,16(12)17(14)29-18)6-7-21(15)8-9-22(26)27/h2-3,15,18,25H,4-10H2,1H3/t15-,18+,19+,20-/m1/s1. The molecule has 1 saturated heterocycles. The number of Topliss-reactive ketones (excluding diaryl/α,β-unsaturated/α-hetero) is 1. The van der Waals surface area contributed by atoms with Crippen LogP contribution in [0.15, 0.2) is 12.1 Å². The largest absolute Gasteiger partial charge is 0.477 e. The van der Waals surface area contributed by atoms with E-state index in [-0.39, 0.29) is 42.0 Å². The van der Waals surface area contributed by atoms with Crippen LogP contribution in [0.5, 0.6) is 11.5 Å². The van der Waals surface area contributed by atoms with Crippen molar-refractivity contribution in [3.05, 3.63) is 33.4 Å². The second kappa shape index (κ2) is 5.99. The van der Waals surface area contributed by atoms with Gasteiger partial charge in [-0.1, -0.05) is 6.07 Å². The third-order valence-corrected chi connectivity index (χ3v) is 7.18. The molecule has 1 spiro atoms. The summed E-state index contributed by atoms with van der Waals surface area (Å²) >= 11 is 0. The van der Waals surface area contributed by atoms with Crippen molar-refractivity contribution in [3.8, 4) is 11.5 Å². The normalized spacial score (nSPS) is 34.3. The van der Waals surface area contributed by atoms with Crippen LogP contribution in [0.2, 0.25) is 0 Å². The highest BCUT2D eigenvalue weighted by atomic mass is 16.6. The summed E-state index contributed by atoms with van der Waals surface area (Å²) in [6.07, 6.45) is 0.615. The number of nitrogens with zero attached hydrogens (tertiary/aromatic N) is 2. The molecule has 0 aromatic heterocycles. The second-order valence-electron chi connectivity index (χ2n) is 8.44. The molecular formula is C20H22N2O7. The van der Waals surface area contributed by atoms with Gasteiger partial charge < -0.3 is 14.6 Å². The smallest absolute Gasteiger partial charge is 0.308 e. The van der Waals surface area contributed by atoms with E-state index < -0.39 is 23.1 Å². The zero-order valence-corrected chi connectivity index (χ0v) is 16.1. The molecule has 4 atom stereocenters. The number of carbonyl (C=O) groups excluding carboxylic acids is 2. The van der Waals surface area contributed by atoms with Crippen LogP contribution < -0.4 is 9.47 Å². The fourth-order valence-corrected chi connectivity index (χ4v) is 6.12. The number of esters is 1. The number of aliphatic hydroxyl groups is 1. The Hall–Kier alpha value is -2.52. The van der Waals surface area contributed by atoms with E-state index in [4.69, 9.17) is 9.47 Å². The average molecular weight is 402 g/mol. The Balaban J connectivity index is 1.67. The van der Waals surface area contributed by atoms with Gasteiger partial charge in [-0.2, -0.15) is 0 Å². The molecular weight excluding hydrogens is 380 g/mol. The van der Waals surface area contributed by atoms with Gasteiger partial charge in [0, 0.05) is 29.9 Å². The molecule has 2 bridgehead atoms. The molecule has 0 amide bonds. The zero-order chi connectivity index (χ0) is 20.6. The van der Waals surface area contributed by atoms with Crippen LogP contribution >= 0.6 is 0 Å². The van der Waals surface area contributed by atoms with Crippen molar-refractivity contribution in [1.29, 1.82) is 0 Å². The topological polar surface area (TPSA) is 119 Å². The number of hydrogen-bond acceptors (Lipinski definition) is 8. The zero-order valence-electron chi connectivity index (χ0n) is 16.1. The molecule has 9 heteroatoms. The van der Waals surface area contributed by atoms with E-state index in [0.29, 0.717) is 31.6 Å². The minimum absolute atomic E-state index is 0.0648. The molecule has 2 aliphatic heterocycles. The van der Waals surface area contributed by atoms with E-state index in [2.05, 4.69) is 0 Å². The first-order valence-electron chi connectivity index (χ1n) is 9.90. The lowest BCUT2D eigenvalue weighted by Gasteiger charge is -2.62. The summed E-state index contributed by atoms with van der Waals surface area (Å²) in [5.74, 6) is 0.102.